The summed E-state index contributed by atoms with van der Waals surface area (Å²) in [4.78, 5) is 0. The lowest BCUT2D eigenvalue weighted by atomic mass is 9.93. The van der Waals surface area contributed by atoms with Crippen LogP contribution in [0.25, 0.3) is 0 Å². The SMILES string of the molecule is COc1cnoc1C(C)(C)C. The maximum absolute atomic E-state index is 5.06. The van der Waals surface area contributed by atoms with Crippen LogP contribution >= 0.6 is 0 Å². The quantitative estimate of drug-likeness (QED) is 0.622. The van der Waals surface area contributed by atoms with E-state index in [0.29, 0.717) is 0 Å². The molecular weight excluding hydrogens is 142 g/mol. The number of hydrogen-bond donors (Lipinski definition) is 0. The van der Waals surface area contributed by atoms with Crippen molar-refractivity contribution in [3.63, 3.8) is 0 Å². The van der Waals surface area contributed by atoms with Crippen molar-refractivity contribution >= 4 is 0 Å². The molecule has 0 fully saturated rings. The van der Waals surface area contributed by atoms with E-state index in [0.717, 1.165) is 11.5 Å². The minimum Gasteiger partial charge on any atom is -0.491 e. The zero-order valence-corrected chi connectivity index (χ0v) is 7.34. The smallest absolute Gasteiger partial charge is 0.183 e. The van der Waals surface area contributed by atoms with Crippen molar-refractivity contribution in [2.45, 2.75) is 26.2 Å². The van der Waals surface area contributed by atoms with Crippen LogP contribution in [0.3, 0.4) is 0 Å². The highest BCUT2D eigenvalue weighted by atomic mass is 16.5. The fourth-order valence-corrected chi connectivity index (χ4v) is 0.882. The number of hydrogen-bond acceptors (Lipinski definition) is 3. The fourth-order valence-electron chi connectivity index (χ4n) is 0.882. The van der Waals surface area contributed by atoms with Gasteiger partial charge in [-0.1, -0.05) is 25.9 Å². The van der Waals surface area contributed by atoms with Gasteiger partial charge in [0.1, 0.15) is 6.20 Å². The van der Waals surface area contributed by atoms with E-state index in [2.05, 4.69) is 25.9 Å². The standard InChI is InChI=1S/C8H13NO2/c1-8(2,3)7-6(10-4)5-9-11-7/h5H,1-4H3. The molecule has 11 heavy (non-hydrogen) atoms. The van der Waals surface area contributed by atoms with E-state index in [9.17, 15) is 0 Å². The lowest BCUT2D eigenvalue weighted by Gasteiger charge is -2.14. The summed E-state index contributed by atoms with van der Waals surface area (Å²) in [5, 5.41) is 3.66. The van der Waals surface area contributed by atoms with E-state index in [1.807, 2.05) is 0 Å². The highest BCUT2D eigenvalue weighted by Gasteiger charge is 2.23. The van der Waals surface area contributed by atoms with Gasteiger partial charge in [0.15, 0.2) is 11.5 Å². The maximum atomic E-state index is 5.06. The molecule has 0 aliphatic carbocycles. The van der Waals surface area contributed by atoms with Crippen LogP contribution in [0.4, 0.5) is 0 Å². The molecule has 0 saturated carbocycles. The Balaban J connectivity index is 3.02. The molecule has 0 aliphatic rings. The average Bonchev–Trinajstić information content (AvgIpc) is 2.31. The monoisotopic (exact) mass is 155 g/mol. The Morgan fingerprint density at radius 2 is 2.09 bits per heavy atom. The van der Waals surface area contributed by atoms with Crippen molar-refractivity contribution < 1.29 is 9.26 Å². The third kappa shape index (κ3) is 1.53. The Labute approximate surface area is 66.3 Å². The van der Waals surface area contributed by atoms with Gasteiger partial charge in [-0.2, -0.15) is 0 Å². The van der Waals surface area contributed by atoms with E-state index in [4.69, 9.17) is 9.26 Å². The molecule has 0 aromatic carbocycles. The molecule has 0 aliphatic heterocycles. The van der Waals surface area contributed by atoms with Crippen LogP contribution in [0.2, 0.25) is 0 Å². The van der Waals surface area contributed by atoms with Gasteiger partial charge in [0.2, 0.25) is 0 Å². The highest BCUT2D eigenvalue weighted by molar-refractivity contribution is 5.26. The predicted octanol–water partition coefficient (Wildman–Crippen LogP) is 1.98. The first kappa shape index (κ1) is 8.11. The van der Waals surface area contributed by atoms with Crippen molar-refractivity contribution in [2.24, 2.45) is 0 Å². The third-order valence-corrected chi connectivity index (χ3v) is 1.44. The number of rotatable bonds is 1. The topological polar surface area (TPSA) is 35.3 Å². The van der Waals surface area contributed by atoms with Crippen molar-refractivity contribution in [1.82, 2.24) is 5.16 Å². The van der Waals surface area contributed by atoms with Crippen LogP contribution < -0.4 is 4.74 Å². The molecule has 0 amide bonds. The lowest BCUT2D eigenvalue weighted by Crippen LogP contribution is -2.10. The second-order valence-corrected chi connectivity index (χ2v) is 3.47. The molecule has 3 nitrogen and oxygen atoms in total. The Morgan fingerprint density at radius 1 is 1.45 bits per heavy atom. The molecule has 62 valence electrons. The minimum absolute atomic E-state index is 0.0398. The second kappa shape index (κ2) is 2.57. The Kier molecular flexibility index (Phi) is 1.89. The molecule has 0 spiro atoms. The van der Waals surface area contributed by atoms with Gasteiger partial charge in [-0.25, -0.2) is 0 Å². The molecule has 1 aromatic rings. The molecule has 0 unspecified atom stereocenters. The van der Waals surface area contributed by atoms with Gasteiger partial charge in [-0.05, 0) is 0 Å². The number of nitrogens with zero attached hydrogens (tertiary/aromatic N) is 1. The molecule has 0 bridgehead atoms. The molecule has 0 atom stereocenters. The van der Waals surface area contributed by atoms with Crippen LogP contribution in [0.1, 0.15) is 26.5 Å². The molecule has 0 N–H and O–H groups in total. The summed E-state index contributed by atoms with van der Waals surface area (Å²) in [6.45, 7) is 6.15. The molecule has 1 rings (SSSR count). The van der Waals surface area contributed by atoms with E-state index in [1.165, 1.54) is 0 Å². The second-order valence-electron chi connectivity index (χ2n) is 3.47. The highest BCUT2D eigenvalue weighted by Crippen LogP contribution is 2.30. The van der Waals surface area contributed by atoms with Crippen molar-refractivity contribution in [2.75, 3.05) is 7.11 Å². The number of ether oxygens (including phenoxy) is 1. The van der Waals surface area contributed by atoms with Gasteiger partial charge >= 0.3 is 0 Å². The Hall–Kier alpha value is -0.990. The van der Waals surface area contributed by atoms with Gasteiger partial charge in [0, 0.05) is 5.41 Å². The van der Waals surface area contributed by atoms with Crippen LogP contribution in [-0.2, 0) is 5.41 Å². The largest absolute Gasteiger partial charge is 0.491 e. The zero-order valence-electron chi connectivity index (χ0n) is 7.34. The van der Waals surface area contributed by atoms with Crippen LogP contribution in [0, 0.1) is 0 Å². The van der Waals surface area contributed by atoms with E-state index in [1.54, 1.807) is 13.3 Å². The average molecular weight is 155 g/mol. The van der Waals surface area contributed by atoms with Gasteiger partial charge in [0.05, 0.1) is 7.11 Å². The summed E-state index contributed by atoms with van der Waals surface area (Å²) < 4.78 is 10.1. The Bertz CT molecular complexity index is 234. The molecule has 0 saturated heterocycles. The third-order valence-electron chi connectivity index (χ3n) is 1.44. The van der Waals surface area contributed by atoms with Gasteiger partial charge in [-0.15, -0.1) is 0 Å². The van der Waals surface area contributed by atoms with Crippen molar-refractivity contribution in [3.05, 3.63) is 12.0 Å². The van der Waals surface area contributed by atoms with Crippen LogP contribution in [0.15, 0.2) is 10.7 Å². The van der Waals surface area contributed by atoms with Crippen molar-refractivity contribution in [3.8, 4) is 5.75 Å². The normalized spacial score (nSPS) is 11.6. The van der Waals surface area contributed by atoms with Gasteiger partial charge in [-0.3, -0.25) is 0 Å². The first-order chi connectivity index (χ1) is 5.05. The van der Waals surface area contributed by atoms with E-state index < -0.39 is 0 Å². The Morgan fingerprint density at radius 3 is 2.45 bits per heavy atom. The van der Waals surface area contributed by atoms with Crippen LogP contribution in [-0.4, -0.2) is 12.3 Å². The van der Waals surface area contributed by atoms with E-state index >= 15 is 0 Å². The fraction of sp³-hybridized carbons (Fsp3) is 0.625. The summed E-state index contributed by atoms with van der Waals surface area (Å²) >= 11 is 0. The molecule has 0 radical (unpaired) electrons. The molecule has 1 aromatic heterocycles. The summed E-state index contributed by atoms with van der Waals surface area (Å²) in [5.41, 5.74) is -0.0398. The summed E-state index contributed by atoms with van der Waals surface area (Å²) in [6, 6.07) is 0. The first-order valence-corrected chi connectivity index (χ1v) is 3.55. The number of methoxy groups -OCH3 is 1. The molecule has 3 heteroatoms. The van der Waals surface area contributed by atoms with Gasteiger partial charge < -0.3 is 9.26 Å². The maximum Gasteiger partial charge on any atom is 0.183 e. The first-order valence-electron chi connectivity index (χ1n) is 3.55. The summed E-state index contributed by atoms with van der Waals surface area (Å²) in [6.07, 6.45) is 1.58. The predicted molar refractivity (Wildman–Crippen MR) is 41.8 cm³/mol. The zero-order chi connectivity index (χ0) is 8.48. The lowest BCUT2D eigenvalue weighted by molar-refractivity contribution is 0.309. The molecular formula is C8H13NO2. The minimum atomic E-state index is -0.0398. The number of aromatic nitrogens is 1. The van der Waals surface area contributed by atoms with Crippen LogP contribution in [0.5, 0.6) is 5.75 Å². The van der Waals surface area contributed by atoms with Gasteiger partial charge in [0.25, 0.3) is 0 Å². The van der Waals surface area contributed by atoms with Crippen molar-refractivity contribution in [1.29, 1.82) is 0 Å². The summed E-state index contributed by atoms with van der Waals surface area (Å²) in [7, 11) is 1.61. The summed E-state index contributed by atoms with van der Waals surface area (Å²) in [5.74, 6) is 1.51. The van der Waals surface area contributed by atoms with E-state index in [-0.39, 0.29) is 5.41 Å². The molecule has 1 heterocycles.